The number of amidine groups is 1. The largest absolute Gasteiger partial charge is 0.507 e. The molecule has 0 heterocycles. The first-order valence-corrected chi connectivity index (χ1v) is 12.4. The number of sulfonamides is 1. The molecule has 0 saturated heterocycles. The van der Waals surface area contributed by atoms with E-state index in [0.29, 0.717) is 16.8 Å². The first-order chi connectivity index (χ1) is 16.5. The van der Waals surface area contributed by atoms with Crippen LogP contribution in [0, 0.1) is 10.1 Å². The number of nitro benzene ring substituents is 1. The van der Waals surface area contributed by atoms with Crippen LogP contribution in [0.1, 0.15) is 56.2 Å². The molecule has 0 amide bonds. The Morgan fingerprint density at radius 2 is 1.46 bits per heavy atom. The van der Waals surface area contributed by atoms with Gasteiger partial charge >= 0.3 is 0 Å². The predicted octanol–water partition coefficient (Wildman–Crippen LogP) is 6.47. The van der Waals surface area contributed by atoms with Crippen LogP contribution >= 0.6 is 0 Å². The van der Waals surface area contributed by atoms with Crippen molar-refractivity contribution in [1.82, 2.24) is 0 Å². The molecule has 182 valence electrons. The van der Waals surface area contributed by atoms with Crippen LogP contribution in [0.3, 0.4) is 0 Å². The molecule has 0 unspecified atom stereocenters. The molecule has 0 atom stereocenters. The van der Waals surface area contributed by atoms with E-state index in [1.165, 1.54) is 36.4 Å². The zero-order valence-electron chi connectivity index (χ0n) is 19.8. The third-order valence-electron chi connectivity index (χ3n) is 5.24. The van der Waals surface area contributed by atoms with Crippen molar-refractivity contribution in [3.63, 3.8) is 0 Å². The van der Waals surface area contributed by atoms with Crippen LogP contribution in [0.25, 0.3) is 0 Å². The van der Waals surface area contributed by atoms with Crippen molar-refractivity contribution >= 4 is 27.2 Å². The highest BCUT2D eigenvalue weighted by atomic mass is 32.2. The number of hydrogen-bond acceptors (Lipinski definition) is 6. The lowest BCUT2D eigenvalue weighted by Gasteiger charge is -2.15. The normalized spacial score (nSPS) is 12.6. The van der Waals surface area contributed by atoms with Crippen LogP contribution in [0.5, 0.6) is 5.75 Å². The Morgan fingerprint density at radius 1 is 0.914 bits per heavy atom. The summed E-state index contributed by atoms with van der Waals surface area (Å²) in [4.78, 5) is 10.4. The Kier molecular flexibility index (Phi) is 7.75. The van der Waals surface area contributed by atoms with Gasteiger partial charge in [-0.1, -0.05) is 45.9 Å². The summed E-state index contributed by atoms with van der Waals surface area (Å²) in [5.41, 5.74) is 1.89. The monoisotopic (exact) mass is 494 g/mol. The van der Waals surface area contributed by atoms with Crippen LogP contribution in [-0.4, -0.2) is 24.3 Å². The molecular weight excluding hydrogens is 468 g/mol. The number of non-ortho nitro benzene ring substituents is 1. The second-order valence-electron chi connectivity index (χ2n) is 8.49. The Morgan fingerprint density at radius 3 is 1.94 bits per heavy atom. The number of hydrogen-bond donors (Lipinski definition) is 1. The molecular formula is C25H26N4O5S. The van der Waals surface area contributed by atoms with Gasteiger partial charge in [0.15, 0.2) is 5.84 Å². The van der Waals surface area contributed by atoms with Crippen molar-refractivity contribution in [2.75, 3.05) is 0 Å². The molecule has 0 aromatic heterocycles. The van der Waals surface area contributed by atoms with Gasteiger partial charge < -0.3 is 5.11 Å². The summed E-state index contributed by atoms with van der Waals surface area (Å²) in [5, 5.41) is 30.0. The van der Waals surface area contributed by atoms with Gasteiger partial charge in [0.25, 0.3) is 15.7 Å². The number of rotatable bonds is 7. The quantitative estimate of drug-likeness (QED) is 0.132. The average Bonchev–Trinajstić information content (AvgIpc) is 2.82. The van der Waals surface area contributed by atoms with E-state index < -0.39 is 14.9 Å². The minimum absolute atomic E-state index is 0.0175. The number of nitro groups is 1. The van der Waals surface area contributed by atoms with Crippen LogP contribution in [0.15, 0.2) is 86.3 Å². The molecule has 0 saturated carbocycles. The zero-order chi connectivity index (χ0) is 25.8. The molecule has 35 heavy (non-hydrogen) atoms. The van der Waals surface area contributed by atoms with Crippen LogP contribution in [-0.2, 0) is 10.0 Å². The minimum Gasteiger partial charge on any atom is -0.507 e. The highest BCUT2D eigenvalue weighted by molar-refractivity contribution is 7.90. The lowest BCUT2D eigenvalue weighted by molar-refractivity contribution is -0.384. The zero-order valence-corrected chi connectivity index (χ0v) is 20.6. The molecule has 0 radical (unpaired) electrons. The fourth-order valence-electron chi connectivity index (χ4n) is 3.33. The lowest BCUT2D eigenvalue weighted by Crippen LogP contribution is -2.04. The van der Waals surface area contributed by atoms with Gasteiger partial charge in [-0.15, -0.1) is 14.6 Å². The molecule has 10 heteroatoms. The Hall–Kier alpha value is -3.92. The SMILES string of the molecule is CC(C)c1cc(N=N/C(=N/S(=O)(=O)c2ccccc2)c2ccc([N+](=O)[O-])cc2)cc(C(C)C)c1O. The van der Waals surface area contributed by atoms with Gasteiger partial charge in [0.1, 0.15) is 5.75 Å². The smallest absolute Gasteiger partial charge is 0.284 e. The number of phenols is 1. The Balaban J connectivity index is 2.14. The van der Waals surface area contributed by atoms with Crippen molar-refractivity contribution in [2.45, 2.75) is 44.4 Å². The van der Waals surface area contributed by atoms with Gasteiger partial charge in [-0.05, 0) is 59.4 Å². The van der Waals surface area contributed by atoms with Crippen LogP contribution in [0.4, 0.5) is 11.4 Å². The number of aromatic hydroxyl groups is 1. The highest BCUT2D eigenvalue weighted by Crippen LogP contribution is 2.37. The summed E-state index contributed by atoms with van der Waals surface area (Å²) in [6.45, 7) is 7.76. The minimum atomic E-state index is -4.13. The van der Waals surface area contributed by atoms with E-state index >= 15 is 0 Å². The summed E-state index contributed by atoms with van der Waals surface area (Å²) in [5.74, 6) is 0.00622. The fraction of sp³-hybridized carbons (Fsp3) is 0.240. The summed E-state index contributed by atoms with van der Waals surface area (Å²) in [7, 11) is -4.13. The summed E-state index contributed by atoms with van der Waals surface area (Å²) in [6, 6.07) is 16.2. The van der Waals surface area contributed by atoms with Crippen molar-refractivity contribution in [3.8, 4) is 5.75 Å². The van der Waals surface area contributed by atoms with Gasteiger partial charge in [0.05, 0.1) is 15.5 Å². The molecule has 0 aliphatic carbocycles. The molecule has 1 N–H and O–H groups in total. The average molecular weight is 495 g/mol. The molecule has 3 aromatic rings. The van der Waals surface area contributed by atoms with E-state index in [9.17, 15) is 23.6 Å². The van der Waals surface area contributed by atoms with Crippen molar-refractivity contribution in [2.24, 2.45) is 14.6 Å². The van der Waals surface area contributed by atoms with E-state index in [1.54, 1.807) is 30.3 Å². The van der Waals surface area contributed by atoms with E-state index in [1.807, 2.05) is 27.7 Å². The maximum atomic E-state index is 12.9. The molecule has 0 bridgehead atoms. The van der Waals surface area contributed by atoms with Crippen molar-refractivity contribution < 1.29 is 18.4 Å². The van der Waals surface area contributed by atoms with Crippen molar-refractivity contribution in [3.05, 3.63) is 93.5 Å². The molecule has 3 aromatic carbocycles. The fourth-order valence-corrected chi connectivity index (χ4v) is 4.30. The second kappa shape index (κ2) is 10.6. The Bertz CT molecular complexity index is 1350. The van der Waals surface area contributed by atoms with Crippen LogP contribution in [0.2, 0.25) is 0 Å². The topological polar surface area (TPSA) is 135 Å². The highest BCUT2D eigenvalue weighted by Gasteiger charge is 2.18. The van der Waals surface area contributed by atoms with E-state index in [4.69, 9.17) is 0 Å². The van der Waals surface area contributed by atoms with E-state index in [2.05, 4.69) is 14.6 Å². The second-order valence-corrected chi connectivity index (χ2v) is 10.1. The standard InChI is InChI=1S/C25H26N4O5S/c1-16(2)22-14-19(15-23(17(3)4)24(22)30)26-27-25(18-10-12-20(13-11-18)29(31)32)28-35(33,34)21-8-6-5-7-9-21/h5-17,30H,1-4H3/b27-26?,28-25+. The first-order valence-electron chi connectivity index (χ1n) is 10.9. The molecule has 9 nitrogen and oxygen atoms in total. The molecule has 0 fully saturated rings. The van der Waals surface area contributed by atoms with Gasteiger partial charge in [-0.25, -0.2) is 0 Å². The van der Waals surface area contributed by atoms with E-state index in [0.717, 1.165) is 0 Å². The molecule has 3 rings (SSSR count). The molecule has 0 aliphatic heterocycles. The van der Waals surface area contributed by atoms with Gasteiger partial charge in [-0.2, -0.15) is 8.42 Å². The van der Waals surface area contributed by atoms with Crippen molar-refractivity contribution in [1.29, 1.82) is 0 Å². The van der Waals surface area contributed by atoms with Gasteiger partial charge in [0, 0.05) is 17.7 Å². The summed E-state index contributed by atoms with van der Waals surface area (Å²) >= 11 is 0. The van der Waals surface area contributed by atoms with Crippen LogP contribution < -0.4 is 0 Å². The number of nitrogens with zero attached hydrogens (tertiary/aromatic N) is 4. The summed E-state index contributed by atoms with van der Waals surface area (Å²) in [6.07, 6.45) is 0. The Labute approximate surface area is 204 Å². The number of azo groups is 1. The first kappa shape index (κ1) is 25.7. The predicted molar refractivity (Wildman–Crippen MR) is 134 cm³/mol. The van der Waals surface area contributed by atoms with E-state index in [-0.39, 0.29) is 39.6 Å². The van der Waals surface area contributed by atoms with Gasteiger partial charge in [0.2, 0.25) is 0 Å². The maximum Gasteiger partial charge on any atom is 0.284 e. The summed E-state index contributed by atoms with van der Waals surface area (Å²) < 4.78 is 29.7. The number of phenolic OH excluding ortho intramolecular Hbond substituents is 1. The number of benzene rings is 3. The third kappa shape index (κ3) is 6.15. The molecule has 0 aliphatic rings. The third-order valence-corrected chi connectivity index (χ3v) is 6.52. The lowest BCUT2D eigenvalue weighted by atomic mass is 9.93. The van der Waals surface area contributed by atoms with Gasteiger partial charge in [-0.3, -0.25) is 10.1 Å². The maximum absolute atomic E-state index is 12.9. The molecule has 0 spiro atoms.